The Kier molecular flexibility index (Phi) is 4.36. The molecule has 0 bridgehead atoms. The summed E-state index contributed by atoms with van der Waals surface area (Å²) in [5.74, 6) is -0.367. The minimum atomic E-state index is -0.799. The van der Waals surface area contributed by atoms with Crippen LogP contribution in [0, 0.1) is 0 Å². The summed E-state index contributed by atoms with van der Waals surface area (Å²) in [6.45, 7) is 1.61. The van der Waals surface area contributed by atoms with E-state index in [1.807, 2.05) is 12.1 Å². The highest BCUT2D eigenvalue weighted by molar-refractivity contribution is 6.36. The molecule has 6 nitrogen and oxygen atoms in total. The second kappa shape index (κ2) is 6.44. The van der Waals surface area contributed by atoms with E-state index in [1.165, 1.54) is 4.85 Å². The average molecular weight is 351 g/mol. The molecular formula is C15H12Cl2N4O2. The van der Waals surface area contributed by atoms with Gasteiger partial charge >= 0.3 is 0 Å². The van der Waals surface area contributed by atoms with Crippen LogP contribution in [0.1, 0.15) is 6.92 Å². The molecule has 3 rings (SSSR count). The number of hydrogen-bond donors (Lipinski definition) is 1. The van der Waals surface area contributed by atoms with Gasteiger partial charge in [-0.15, -0.1) is 5.10 Å². The molecule has 0 aliphatic heterocycles. The van der Waals surface area contributed by atoms with Crippen LogP contribution < -0.4 is 10.2 Å². The molecule has 0 radical (unpaired) electrons. The minimum absolute atomic E-state index is 0.351. The van der Waals surface area contributed by atoms with Gasteiger partial charge in [-0.2, -0.15) is 0 Å². The standard InChI is InChI=1S/C15H12Cl2N4O2/c1-9(15(22)18-12-7-6-10(16)8-11(12)17)23-21-14-5-3-2-4-13(14)19-20-21/h2-9H,1H3,(H,18,22)/t9-/m1/s1. The number of benzene rings is 2. The van der Waals surface area contributed by atoms with E-state index in [0.717, 1.165) is 0 Å². The quantitative estimate of drug-likeness (QED) is 0.784. The van der Waals surface area contributed by atoms with Gasteiger partial charge in [0.2, 0.25) is 6.10 Å². The van der Waals surface area contributed by atoms with Gasteiger partial charge in [0.1, 0.15) is 11.0 Å². The van der Waals surface area contributed by atoms with Crippen molar-refractivity contribution in [1.29, 1.82) is 0 Å². The Morgan fingerprint density at radius 2 is 2.04 bits per heavy atom. The Hall–Kier alpha value is -2.31. The van der Waals surface area contributed by atoms with Crippen LogP contribution >= 0.6 is 23.2 Å². The number of amides is 1. The molecule has 2 aromatic carbocycles. The van der Waals surface area contributed by atoms with Gasteiger partial charge in [-0.05, 0) is 42.5 Å². The maximum atomic E-state index is 12.2. The number of fused-ring (bicyclic) bond motifs is 1. The molecule has 0 spiro atoms. The number of anilines is 1. The number of carbonyl (C=O) groups is 1. The number of carbonyl (C=O) groups excluding carboxylic acids is 1. The van der Waals surface area contributed by atoms with Crippen LogP contribution in [0.4, 0.5) is 5.69 Å². The first-order chi connectivity index (χ1) is 11.0. The van der Waals surface area contributed by atoms with Crippen LogP contribution in [-0.4, -0.2) is 27.2 Å². The largest absolute Gasteiger partial charge is 0.382 e. The number of rotatable bonds is 4. The lowest BCUT2D eigenvalue weighted by atomic mass is 10.3. The van der Waals surface area contributed by atoms with E-state index in [-0.39, 0.29) is 5.91 Å². The Balaban J connectivity index is 1.72. The summed E-state index contributed by atoms with van der Waals surface area (Å²) in [7, 11) is 0. The SMILES string of the molecule is C[C@@H](On1nnc2ccccc21)C(=O)Nc1ccc(Cl)cc1Cl. The van der Waals surface area contributed by atoms with Gasteiger partial charge in [0.05, 0.1) is 10.7 Å². The number of para-hydroxylation sites is 1. The summed E-state index contributed by atoms with van der Waals surface area (Å²) in [4.78, 5) is 19.0. The normalized spacial score (nSPS) is 12.1. The number of nitrogens with zero attached hydrogens (tertiary/aromatic N) is 3. The van der Waals surface area contributed by atoms with Crippen LogP contribution in [0.5, 0.6) is 0 Å². The van der Waals surface area contributed by atoms with Gasteiger partial charge in [-0.3, -0.25) is 4.79 Å². The van der Waals surface area contributed by atoms with Crippen LogP contribution in [0.2, 0.25) is 10.0 Å². The lowest BCUT2D eigenvalue weighted by Crippen LogP contribution is -2.35. The van der Waals surface area contributed by atoms with Crippen molar-refractivity contribution in [1.82, 2.24) is 15.2 Å². The van der Waals surface area contributed by atoms with Gasteiger partial charge in [0.25, 0.3) is 5.91 Å². The maximum Gasteiger partial charge on any atom is 0.268 e. The Labute approximate surface area is 141 Å². The molecule has 1 atom stereocenters. The zero-order chi connectivity index (χ0) is 16.4. The molecule has 0 unspecified atom stereocenters. The van der Waals surface area contributed by atoms with E-state index >= 15 is 0 Å². The predicted molar refractivity (Wildman–Crippen MR) is 88.7 cm³/mol. The van der Waals surface area contributed by atoms with Crippen molar-refractivity contribution in [2.24, 2.45) is 0 Å². The topological polar surface area (TPSA) is 69.0 Å². The van der Waals surface area contributed by atoms with Crippen LogP contribution in [0.3, 0.4) is 0 Å². The van der Waals surface area contributed by atoms with E-state index in [4.69, 9.17) is 28.0 Å². The number of nitrogens with one attached hydrogen (secondary N) is 1. The summed E-state index contributed by atoms with van der Waals surface area (Å²) >= 11 is 11.9. The number of aromatic nitrogens is 3. The molecule has 0 aliphatic carbocycles. The van der Waals surface area contributed by atoms with Gasteiger partial charge in [0.15, 0.2) is 0 Å². The van der Waals surface area contributed by atoms with Gasteiger partial charge in [0, 0.05) is 5.02 Å². The lowest BCUT2D eigenvalue weighted by Gasteiger charge is -2.14. The number of halogens is 2. The van der Waals surface area contributed by atoms with Crippen molar-refractivity contribution < 1.29 is 9.63 Å². The van der Waals surface area contributed by atoms with Gasteiger partial charge in [-0.25, -0.2) is 0 Å². The summed E-state index contributed by atoms with van der Waals surface area (Å²) < 4.78 is 0. The molecular weight excluding hydrogens is 339 g/mol. The van der Waals surface area contributed by atoms with Crippen molar-refractivity contribution >= 4 is 45.8 Å². The van der Waals surface area contributed by atoms with E-state index < -0.39 is 6.10 Å². The molecule has 0 saturated heterocycles. The molecule has 8 heteroatoms. The summed E-state index contributed by atoms with van der Waals surface area (Å²) in [5, 5.41) is 11.4. The number of hydrogen-bond acceptors (Lipinski definition) is 4. The van der Waals surface area contributed by atoms with Gasteiger partial charge in [-0.1, -0.05) is 40.2 Å². The van der Waals surface area contributed by atoms with E-state index in [1.54, 1.807) is 37.3 Å². The van der Waals surface area contributed by atoms with Crippen molar-refractivity contribution in [3.8, 4) is 0 Å². The molecule has 0 saturated carbocycles. The second-order valence-electron chi connectivity index (χ2n) is 4.81. The smallest absolute Gasteiger partial charge is 0.268 e. The van der Waals surface area contributed by atoms with Crippen molar-refractivity contribution in [3.05, 3.63) is 52.5 Å². The highest BCUT2D eigenvalue weighted by Crippen LogP contribution is 2.25. The monoisotopic (exact) mass is 350 g/mol. The third kappa shape index (κ3) is 3.38. The van der Waals surface area contributed by atoms with Crippen molar-refractivity contribution in [2.45, 2.75) is 13.0 Å². The third-order valence-electron chi connectivity index (χ3n) is 3.14. The molecule has 0 fully saturated rings. The van der Waals surface area contributed by atoms with Crippen molar-refractivity contribution in [2.75, 3.05) is 5.32 Å². The highest BCUT2D eigenvalue weighted by atomic mass is 35.5. The fourth-order valence-corrected chi connectivity index (χ4v) is 2.40. The molecule has 1 amide bonds. The maximum absolute atomic E-state index is 12.2. The predicted octanol–water partition coefficient (Wildman–Crippen LogP) is 3.19. The molecule has 3 aromatic rings. The van der Waals surface area contributed by atoms with Crippen LogP contribution in [-0.2, 0) is 4.79 Å². The minimum Gasteiger partial charge on any atom is -0.382 e. The first kappa shape index (κ1) is 15.6. The van der Waals surface area contributed by atoms with E-state index in [0.29, 0.717) is 26.8 Å². The average Bonchev–Trinajstić information content (AvgIpc) is 2.93. The van der Waals surface area contributed by atoms with Crippen molar-refractivity contribution in [3.63, 3.8) is 0 Å². The molecule has 23 heavy (non-hydrogen) atoms. The molecule has 118 valence electrons. The fourth-order valence-electron chi connectivity index (χ4n) is 1.95. The fraction of sp³-hybridized carbons (Fsp3) is 0.133. The molecule has 1 aromatic heterocycles. The molecule has 0 aliphatic rings. The first-order valence-corrected chi connectivity index (χ1v) is 7.53. The summed E-state index contributed by atoms with van der Waals surface area (Å²) in [6.07, 6.45) is -0.799. The lowest BCUT2D eigenvalue weighted by molar-refractivity contribution is -0.127. The zero-order valence-electron chi connectivity index (χ0n) is 12.0. The first-order valence-electron chi connectivity index (χ1n) is 6.78. The Bertz CT molecular complexity index is 866. The molecule has 1 heterocycles. The van der Waals surface area contributed by atoms with Crippen LogP contribution in [0.15, 0.2) is 42.5 Å². The summed E-state index contributed by atoms with van der Waals surface area (Å²) in [5.41, 5.74) is 1.82. The summed E-state index contributed by atoms with van der Waals surface area (Å²) in [6, 6.07) is 12.1. The van der Waals surface area contributed by atoms with Crippen LogP contribution in [0.25, 0.3) is 11.0 Å². The zero-order valence-corrected chi connectivity index (χ0v) is 13.5. The molecule has 1 N–H and O–H groups in total. The third-order valence-corrected chi connectivity index (χ3v) is 3.69. The van der Waals surface area contributed by atoms with E-state index in [2.05, 4.69) is 15.6 Å². The van der Waals surface area contributed by atoms with E-state index in [9.17, 15) is 4.79 Å². The second-order valence-corrected chi connectivity index (χ2v) is 5.66. The van der Waals surface area contributed by atoms with Gasteiger partial charge < -0.3 is 10.2 Å². The Morgan fingerprint density at radius 1 is 1.26 bits per heavy atom. The Morgan fingerprint density at radius 3 is 2.83 bits per heavy atom. The highest BCUT2D eigenvalue weighted by Gasteiger charge is 2.18.